The summed E-state index contributed by atoms with van der Waals surface area (Å²) in [5, 5.41) is 0. The minimum absolute atomic E-state index is 0.130. The summed E-state index contributed by atoms with van der Waals surface area (Å²) in [5.41, 5.74) is 1.25. The normalized spacial score (nSPS) is 12.4. The molecule has 0 unspecified atom stereocenters. The number of aliphatic imine (C=N–C) groups is 1. The van der Waals surface area contributed by atoms with Gasteiger partial charge in [0, 0.05) is 5.71 Å². The molecule has 0 fully saturated rings. The Hall–Kier alpha value is -1.71. The molecule has 0 aliphatic heterocycles. The van der Waals surface area contributed by atoms with Gasteiger partial charge in [0.1, 0.15) is 5.82 Å². The van der Waals surface area contributed by atoms with Gasteiger partial charge in [-0.1, -0.05) is 6.08 Å². The smallest absolute Gasteiger partial charge is 0.255 e. The van der Waals surface area contributed by atoms with Gasteiger partial charge in [0.15, 0.2) is 5.82 Å². The van der Waals surface area contributed by atoms with E-state index in [1.807, 2.05) is 26.0 Å². The van der Waals surface area contributed by atoms with E-state index in [0.717, 1.165) is 5.71 Å². The van der Waals surface area contributed by atoms with E-state index in [1.165, 1.54) is 0 Å². The highest BCUT2D eigenvalue weighted by Crippen LogP contribution is 2.10. The van der Waals surface area contributed by atoms with Crippen LogP contribution < -0.4 is 5.56 Å². The Labute approximate surface area is 88.8 Å². The van der Waals surface area contributed by atoms with Crippen LogP contribution in [0.3, 0.4) is 0 Å². The predicted molar refractivity (Wildman–Crippen MR) is 61.9 cm³/mol. The number of aryl methyl sites for hydroxylation is 1. The van der Waals surface area contributed by atoms with Crippen molar-refractivity contribution in [3.05, 3.63) is 33.9 Å². The maximum atomic E-state index is 11.4. The molecule has 0 bridgehead atoms. The van der Waals surface area contributed by atoms with Gasteiger partial charge in [0.05, 0.1) is 5.56 Å². The zero-order valence-electron chi connectivity index (χ0n) is 9.46. The molecule has 1 aromatic heterocycles. The maximum absolute atomic E-state index is 11.4. The van der Waals surface area contributed by atoms with Gasteiger partial charge in [-0.15, -0.1) is 0 Å². The van der Waals surface area contributed by atoms with Gasteiger partial charge in [0.25, 0.3) is 5.56 Å². The summed E-state index contributed by atoms with van der Waals surface area (Å²) in [4.78, 5) is 22.5. The average Bonchev–Trinajstić information content (AvgIpc) is 2.13. The fraction of sp³-hybridized carbons (Fsp3) is 0.364. The van der Waals surface area contributed by atoms with Crippen molar-refractivity contribution in [2.24, 2.45) is 4.99 Å². The first-order chi connectivity index (χ1) is 7.04. The third-order valence-electron chi connectivity index (χ3n) is 1.93. The molecule has 0 aliphatic carbocycles. The van der Waals surface area contributed by atoms with E-state index in [4.69, 9.17) is 0 Å². The number of rotatable bonds is 2. The summed E-state index contributed by atoms with van der Waals surface area (Å²) in [6.07, 6.45) is 3.77. The first kappa shape index (κ1) is 11.4. The second-order valence-corrected chi connectivity index (χ2v) is 3.35. The second-order valence-electron chi connectivity index (χ2n) is 3.35. The van der Waals surface area contributed by atoms with Crippen LogP contribution in [0.1, 0.15) is 25.2 Å². The van der Waals surface area contributed by atoms with Crippen molar-refractivity contribution in [3.63, 3.8) is 0 Å². The van der Waals surface area contributed by atoms with Gasteiger partial charge in [0.2, 0.25) is 0 Å². The number of allylic oxidation sites excluding steroid dienone is 2. The molecule has 0 aliphatic rings. The maximum Gasteiger partial charge on any atom is 0.255 e. The lowest BCUT2D eigenvalue weighted by Gasteiger charge is -2.00. The number of aromatic amines is 1. The quantitative estimate of drug-likeness (QED) is 0.751. The second kappa shape index (κ2) is 4.68. The minimum Gasteiger partial charge on any atom is -0.310 e. The van der Waals surface area contributed by atoms with E-state index in [1.54, 1.807) is 13.8 Å². The number of aromatic nitrogens is 2. The van der Waals surface area contributed by atoms with Crippen LogP contribution in [-0.2, 0) is 0 Å². The SMILES string of the molecule is C/C=C\C(C)=Nc1nc(C)[nH]c(=O)c1C. The van der Waals surface area contributed by atoms with E-state index >= 15 is 0 Å². The van der Waals surface area contributed by atoms with E-state index in [9.17, 15) is 4.79 Å². The average molecular weight is 205 g/mol. The molecule has 1 N–H and O–H groups in total. The summed E-state index contributed by atoms with van der Waals surface area (Å²) < 4.78 is 0. The van der Waals surface area contributed by atoms with Crippen LogP contribution in [0.25, 0.3) is 0 Å². The first-order valence-corrected chi connectivity index (χ1v) is 4.80. The molecule has 0 radical (unpaired) electrons. The summed E-state index contributed by atoms with van der Waals surface area (Å²) in [6.45, 7) is 7.25. The van der Waals surface area contributed by atoms with Crippen LogP contribution in [0.5, 0.6) is 0 Å². The molecule has 1 rings (SSSR count). The molecule has 15 heavy (non-hydrogen) atoms. The number of hydrogen-bond acceptors (Lipinski definition) is 3. The zero-order valence-corrected chi connectivity index (χ0v) is 9.46. The van der Waals surface area contributed by atoms with E-state index in [2.05, 4.69) is 15.0 Å². The van der Waals surface area contributed by atoms with E-state index in [0.29, 0.717) is 17.2 Å². The van der Waals surface area contributed by atoms with Crippen molar-refractivity contribution in [2.45, 2.75) is 27.7 Å². The Kier molecular flexibility index (Phi) is 3.55. The molecule has 0 aromatic carbocycles. The van der Waals surface area contributed by atoms with Crippen LogP contribution in [-0.4, -0.2) is 15.7 Å². The summed E-state index contributed by atoms with van der Waals surface area (Å²) in [5.74, 6) is 1.07. The van der Waals surface area contributed by atoms with Crippen molar-refractivity contribution in [3.8, 4) is 0 Å². The molecule has 4 heteroatoms. The molecule has 80 valence electrons. The molecule has 0 atom stereocenters. The molecule has 0 saturated heterocycles. The summed E-state index contributed by atoms with van der Waals surface area (Å²) in [6, 6.07) is 0. The van der Waals surface area contributed by atoms with E-state index < -0.39 is 0 Å². The Morgan fingerprint density at radius 2 is 2.13 bits per heavy atom. The van der Waals surface area contributed by atoms with Crippen LogP contribution in [0.15, 0.2) is 21.9 Å². The molecule has 1 heterocycles. The lowest BCUT2D eigenvalue weighted by molar-refractivity contribution is 0.989. The van der Waals surface area contributed by atoms with Crippen LogP contribution >= 0.6 is 0 Å². The van der Waals surface area contributed by atoms with Crippen molar-refractivity contribution < 1.29 is 0 Å². The fourth-order valence-electron chi connectivity index (χ4n) is 1.18. The number of H-pyrrole nitrogens is 1. The number of nitrogens with zero attached hydrogens (tertiary/aromatic N) is 2. The third kappa shape index (κ3) is 2.87. The zero-order chi connectivity index (χ0) is 11.4. The Morgan fingerprint density at radius 1 is 1.47 bits per heavy atom. The molecule has 0 amide bonds. The number of hydrogen-bond donors (Lipinski definition) is 1. The number of nitrogens with one attached hydrogen (secondary N) is 1. The molecule has 0 spiro atoms. The Balaban J connectivity index is 3.26. The highest BCUT2D eigenvalue weighted by molar-refractivity contribution is 5.94. The van der Waals surface area contributed by atoms with Gasteiger partial charge < -0.3 is 4.98 Å². The van der Waals surface area contributed by atoms with Crippen LogP contribution in [0, 0.1) is 13.8 Å². The third-order valence-corrected chi connectivity index (χ3v) is 1.93. The standard InChI is InChI=1S/C11H15N3O/c1-5-6-7(2)12-10-8(3)11(15)14-9(4)13-10/h5-6H,1-4H3,(H,13,14,15)/b6-5-,12-7?. The lowest BCUT2D eigenvalue weighted by atomic mass is 10.3. The Bertz CT molecular complexity index is 469. The molecule has 4 nitrogen and oxygen atoms in total. The minimum atomic E-state index is -0.130. The predicted octanol–water partition coefficient (Wildman–Crippen LogP) is 2.06. The highest BCUT2D eigenvalue weighted by Gasteiger charge is 2.03. The topological polar surface area (TPSA) is 58.1 Å². The lowest BCUT2D eigenvalue weighted by Crippen LogP contribution is -2.12. The van der Waals surface area contributed by atoms with Crippen LogP contribution in [0.4, 0.5) is 5.82 Å². The first-order valence-electron chi connectivity index (χ1n) is 4.80. The monoisotopic (exact) mass is 205 g/mol. The molecule has 1 aromatic rings. The van der Waals surface area contributed by atoms with Crippen molar-refractivity contribution in [1.29, 1.82) is 0 Å². The summed E-state index contributed by atoms with van der Waals surface area (Å²) >= 11 is 0. The fourth-order valence-corrected chi connectivity index (χ4v) is 1.18. The van der Waals surface area contributed by atoms with Gasteiger partial charge in [-0.05, 0) is 33.8 Å². The largest absolute Gasteiger partial charge is 0.310 e. The van der Waals surface area contributed by atoms with Crippen molar-refractivity contribution >= 4 is 11.5 Å². The molecule has 0 saturated carbocycles. The Morgan fingerprint density at radius 3 is 2.73 bits per heavy atom. The summed E-state index contributed by atoms with van der Waals surface area (Å²) in [7, 11) is 0. The van der Waals surface area contributed by atoms with Crippen molar-refractivity contribution in [1.82, 2.24) is 9.97 Å². The van der Waals surface area contributed by atoms with Gasteiger partial charge in [-0.2, -0.15) is 0 Å². The molecular weight excluding hydrogens is 190 g/mol. The van der Waals surface area contributed by atoms with Crippen LogP contribution in [0.2, 0.25) is 0 Å². The molecular formula is C11H15N3O. The highest BCUT2D eigenvalue weighted by atomic mass is 16.1. The van der Waals surface area contributed by atoms with Crippen molar-refractivity contribution in [2.75, 3.05) is 0 Å². The van der Waals surface area contributed by atoms with Gasteiger partial charge >= 0.3 is 0 Å². The van der Waals surface area contributed by atoms with Gasteiger partial charge in [-0.25, -0.2) is 9.98 Å². The van der Waals surface area contributed by atoms with Gasteiger partial charge in [-0.3, -0.25) is 4.79 Å². The van der Waals surface area contributed by atoms with E-state index in [-0.39, 0.29) is 5.56 Å².